The van der Waals surface area contributed by atoms with Gasteiger partial charge in [-0.1, -0.05) is 30.6 Å². The standard InChI is InChI=1S/C14H19N5O3S/c15-10(20)8-9(11(16)21)23-13(18-8)19-12(22)17-7-6-14(7)4-2-1-3-5-14/h7H,1-6H2,(H2,15,20)(H2,16,21)(H2,17,18,19,22). The first-order valence-electron chi connectivity index (χ1n) is 7.59. The summed E-state index contributed by atoms with van der Waals surface area (Å²) in [6.45, 7) is 0. The third-order valence-corrected chi connectivity index (χ3v) is 5.63. The fourth-order valence-electron chi connectivity index (χ4n) is 3.36. The fraction of sp³-hybridized carbons (Fsp3) is 0.571. The molecule has 1 aromatic rings. The minimum atomic E-state index is -0.855. The summed E-state index contributed by atoms with van der Waals surface area (Å²) in [6.07, 6.45) is 7.04. The number of nitrogens with zero attached hydrogens (tertiary/aromatic N) is 1. The van der Waals surface area contributed by atoms with Crippen LogP contribution in [0.4, 0.5) is 9.93 Å². The van der Waals surface area contributed by atoms with Gasteiger partial charge in [0.05, 0.1) is 0 Å². The van der Waals surface area contributed by atoms with Crippen molar-refractivity contribution in [2.24, 2.45) is 16.9 Å². The smallest absolute Gasteiger partial charge is 0.321 e. The summed E-state index contributed by atoms with van der Waals surface area (Å²) >= 11 is 0.840. The van der Waals surface area contributed by atoms with E-state index in [1.807, 2.05) is 0 Å². The van der Waals surface area contributed by atoms with Gasteiger partial charge in [-0.2, -0.15) is 0 Å². The summed E-state index contributed by atoms with van der Waals surface area (Å²) in [5, 5.41) is 5.61. The molecule has 3 rings (SSSR count). The number of rotatable bonds is 4. The van der Waals surface area contributed by atoms with E-state index in [4.69, 9.17) is 11.5 Å². The molecule has 0 saturated heterocycles. The molecule has 0 aromatic carbocycles. The van der Waals surface area contributed by atoms with Crippen LogP contribution in [-0.4, -0.2) is 28.9 Å². The van der Waals surface area contributed by atoms with Crippen LogP contribution in [0.15, 0.2) is 0 Å². The van der Waals surface area contributed by atoms with Crippen LogP contribution in [0.5, 0.6) is 0 Å². The number of nitrogens with one attached hydrogen (secondary N) is 2. The Morgan fingerprint density at radius 2 is 1.83 bits per heavy atom. The lowest BCUT2D eigenvalue weighted by Crippen LogP contribution is -2.34. The van der Waals surface area contributed by atoms with Crippen molar-refractivity contribution in [2.45, 2.75) is 44.6 Å². The molecule has 1 atom stereocenters. The molecule has 4 amide bonds. The summed E-state index contributed by atoms with van der Waals surface area (Å²) in [5.74, 6) is -1.65. The van der Waals surface area contributed by atoms with Crippen molar-refractivity contribution in [3.8, 4) is 0 Å². The van der Waals surface area contributed by atoms with Gasteiger partial charge in [0.2, 0.25) is 0 Å². The molecule has 0 radical (unpaired) electrons. The van der Waals surface area contributed by atoms with E-state index < -0.39 is 17.8 Å². The molecule has 1 spiro atoms. The van der Waals surface area contributed by atoms with Crippen molar-refractivity contribution in [1.29, 1.82) is 0 Å². The molecule has 2 aliphatic carbocycles. The minimum absolute atomic E-state index is 0.0528. The summed E-state index contributed by atoms with van der Waals surface area (Å²) in [7, 11) is 0. The quantitative estimate of drug-likeness (QED) is 0.655. The summed E-state index contributed by atoms with van der Waals surface area (Å²) in [4.78, 5) is 38.4. The number of primary amides is 2. The molecular formula is C14H19N5O3S. The third-order valence-electron chi connectivity index (χ3n) is 4.65. The van der Waals surface area contributed by atoms with Gasteiger partial charge in [-0.05, 0) is 24.7 Å². The number of carbonyl (C=O) groups excluding carboxylic acids is 3. The first-order chi connectivity index (χ1) is 10.9. The van der Waals surface area contributed by atoms with E-state index in [-0.39, 0.29) is 27.2 Å². The van der Waals surface area contributed by atoms with E-state index in [0.717, 1.165) is 30.6 Å². The molecule has 2 aliphatic rings. The van der Waals surface area contributed by atoms with E-state index in [9.17, 15) is 14.4 Å². The normalized spacial score (nSPS) is 21.7. The zero-order chi connectivity index (χ0) is 16.6. The Hall–Kier alpha value is -2.16. The van der Waals surface area contributed by atoms with Crippen molar-refractivity contribution >= 4 is 34.3 Å². The van der Waals surface area contributed by atoms with Gasteiger partial charge in [-0.15, -0.1) is 0 Å². The Morgan fingerprint density at radius 1 is 1.13 bits per heavy atom. The second kappa shape index (κ2) is 5.80. The van der Waals surface area contributed by atoms with Gasteiger partial charge in [-0.25, -0.2) is 9.78 Å². The van der Waals surface area contributed by atoms with Crippen molar-refractivity contribution in [2.75, 3.05) is 5.32 Å². The largest absolute Gasteiger partial charge is 0.365 e. The van der Waals surface area contributed by atoms with E-state index in [1.54, 1.807) is 0 Å². The van der Waals surface area contributed by atoms with Crippen LogP contribution in [0.2, 0.25) is 0 Å². The summed E-state index contributed by atoms with van der Waals surface area (Å²) in [5.41, 5.74) is 10.4. The Morgan fingerprint density at radius 3 is 2.39 bits per heavy atom. The second-order valence-corrected chi connectivity index (χ2v) is 7.20. The van der Waals surface area contributed by atoms with Gasteiger partial charge in [0.15, 0.2) is 10.8 Å². The Labute approximate surface area is 137 Å². The number of hydrogen-bond donors (Lipinski definition) is 4. The lowest BCUT2D eigenvalue weighted by atomic mass is 9.86. The van der Waals surface area contributed by atoms with Crippen LogP contribution in [0.3, 0.4) is 0 Å². The van der Waals surface area contributed by atoms with Crippen LogP contribution < -0.4 is 22.1 Å². The average molecular weight is 337 g/mol. The first kappa shape index (κ1) is 15.7. The van der Waals surface area contributed by atoms with Gasteiger partial charge >= 0.3 is 6.03 Å². The van der Waals surface area contributed by atoms with Crippen LogP contribution in [0.25, 0.3) is 0 Å². The van der Waals surface area contributed by atoms with Gasteiger partial charge in [0, 0.05) is 6.04 Å². The summed E-state index contributed by atoms with van der Waals surface area (Å²) in [6, 6.07) is -0.202. The highest BCUT2D eigenvalue weighted by Crippen LogP contribution is 2.56. The lowest BCUT2D eigenvalue weighted by molar-refractivity contribution is 0.0967. The highest BCUT2D eigenvalue weighted by Gasteiger charge is 2.54. The highest BCUT2D eigenvalue weighted by atomic mass is 32.1. The molecule has 124 valence electrons. The van der Waals surface area contributed by atoms with Crippen molar-refractivity contribution in [3.05, 3.63) is 10.6 Å². The van der Waals surface area contributed by atoms with E-state index in [0.29, 0.717) is 0 Å². The summed E-state index contributed by atoms with van der Waals surface area (Å²) < 4.78 is 0. The number of urea groups is 1. The van der Waals surface area contributed by atoms with Crippen LogP contribution in [-0.2, 0) is 0 Å². The van der Waals surface area contributed by atoms with Crippen LogP contribution in [0, 0.1) is 5.41 Å². The number of aromatic nitrogens is 1. The minimum Gasteiger partial charge on any atom is -0.365 e. The maximum atomic E-state index is 12.1. The second-order valence-electron chi connectivity index (χ2n) is 6.20. The molecule has 0 bridgehead atoms. The zero-order valence-corrected chi connectivity index (χ0v) is 13.4. The van der Waals surface area contributed by atoms with Crippen molar-refractivity contribution < 1.29 is 14.4 Å². The molecule has 2 saturated carbocycles. The highest BCUT2D eigenvalue weighted by molar-refractivity contribution is 7.18. The Bertz CT molecular complexity index is 634. The van der Waals surface area contributed by atoms with Crippen LogP contribution >= 0.6 is 11.3 Å². The Kier molecular flexibility index (Phi) is 3.97. The number of carbonyl (C=O) groups is 3. The molecule has 1 unspecified atom stereocenters. The maximum Gasteiger partial charge on any atom is 0.321 e. The lowest BCUT2D eigenvalue weighted by Gasteiger charge is -2.22. The zero-order valence-electron chi connectivity index (χ0n) is 12.6. The molecule has 2 fully saturated rings. The van der Waals surface area contributed by atoms with Crippen molar-refractivity contribution in [3.63, 3.8) is 0 Å². The molecule has 1 aromatic heterocycles. The van der Waals surface area contributed by atoms with Gasteiger partial charge in [-0.3, -0.25) is 14.9 Å². The fourth-order valence-corrected chi connectivity index (χ4v) is 4.18. The average Bonchev–Trinajstić information content (AvgIpc) is 2.96. The number of anilines is 1. The molecule has 8 nitrogen and oxygen atoms in total. The number of nitrogens with two attached hydrogens (primary N) is 2. The number of thiazole rings is 1. The maximum absolute atomic E-state index is 12.1. The topological polar surface area (TPSA) is 140 Å². The molecule has 1 heterocycles. The monoisotopic (exact) mass is 337 g/mol. The van der Waals surface area contributed by atoms with Crippen molar-refractivity contribution in [1.82, 2.24) is 10.3 Å². The third kappa shape index (κ3) is 3.14. The number of amides is 4. The molecule has 6 N–H and O–H groups in total. The van der Waals surface area contributed by atoms with E-state index in [2.05, 4.69) is 15.6 Å². The number of hydrogen-bond acceptors (Lipinski definition) is 5. The SMILES string of the molecule is NC(=O)c1nc(NC(=O)NC2CC23CCCCC3)sc1C(N)=O. The van der Waals surface area contributed by atoms with E-state index >= 15 is 0 Å². The Balaban J connectivity index is 1.61. The molecular weight excluding hydrogens is 318 g/mol. The van der Waals surface area contributed by atoms with Gasteiger partial charge in [0.25, 0.3) is 11.8 Å². The molecule has 0 aliphatic heterocycles. The van der Waals surface area contributed by atoms with Crippen LogP contribution in [0.1, 0.15) is 58.7 Å². The first-order valence-corrected chi connectivity index (χ1v) is 8.41. The van der Waals surface area contributed by atoms with E-state index in [1.165, 1.54) is 19.3 Å². The predicted octanol–water partition coefficient (Wildman–Crippen LogP) is 1.19. The van der Waals surface area contributed by atoms with Gasteiger partial charge in [0.1, 0.15) is 4.88 Å². The molecule has 23 heavy (non-hydrogen) atoms. The molecule has 9 heteroatoms. The predicted molar refractivity (Wildman–Crippen MR) is 85.2 cm³/mol. The van der Waals surface area contributed by atoms with Gasteiger partial charge < -0.3 is 16.8 Å².